The van der Waals surface area contributed by atoms with Crippen LogP contribution in [0.1, 0.15) is 25.5 Å². The molecule has 20 heavy (non-hydrogen) atoms. The van der Waals surface area contributed by atoms with Crippen molar-refractivity contribution in [3.63, 3.8) is 0 Å². The number of hydrogen-bond donors (Lipinski definition) is 2. The molecule has 0 saturated carbocycles. The lowest BCUT2D eigenvalue weighted by Gasteiger charge is -2.28. The number of anilines is 1. The van der Waals surface area contributed by atoms with Crippen molar-refractivity contribution in [1.82, 2.24) is 10.3 Å². The molecule has 110 valence electrons. The van der Waals surface area contributed by atoms with Crippen molar-refractivity contribution in [3.05, 3.63) is 23.9 Å². The van der Waals surface area contributed by atoms with Crippen LogP contribution in [0.3, 0.4) is 0 Å². The minimum Gasteiger partial charge on any atom is -0.465 e. The number of nitrogens with one attached hydrogen (secondary N) is 1. The van der Waals surface area contributed by atoms with E-state index in [1.807, 2.05) is 26.0 Å². The summed E-state index contributed by atoms with van der Waals surface area (Å²) in [5.41, 5.74) is 0.888. The standard InChI is InChI=1S/C14H21N3O3/c1-10(2)13(16-14(18)19)11-3-4-12(15-9-11)17-5-7-20-8-6-17/h3-4,9-10,13,16H,5-8H2,1-2H3,(H,18,19). The van der Waals surface area contributed by atoms with Gasteiger partial charge in [0, 0.05) is 19.3 Å². The summed E-state index contributed by atoms with van der Waals surface area (Å²) in [5, 5.41) is 11.4. The van der Waals surface area contributed by atoms with Gasteiger partial charge in [-0.05, 0) is 17.5 Å². The van der Waals surface area contributed by atoms with Crippen molar-refractivity contribution in [1.29, 1.82) is 0 Å². The summed E-state index contributed by atoms with van der Waals surface area (Å²) >= 11 is 0. The molecule has 0 aromatic carbocycles. The first-order valence-electron chi connectivity index (χ1n) is 6.86. The number of morpholine rings is 1. The molecule has 1 fully saturated rings. The highest BCUT2D eigenvalue weighted by atomic mass is 16.5. The molecule has 2 heterocycles. The van der Waals surface area contributed by atoms with Crippen molar-refractivity contribution in [3.8, 4) is 0 Å². The van der Waals surface area contributed by atoms with E-state index >= 15 is 0 Å². The number of hydrogen-bond acceptors (Lipinski definition) is 4. The number of amides is 1. The lowest BCUT2D eigenvalue weighted by Crippen LogP contribution is -2.36. The van der Waals surface area contributed by atoms with Crippen LogP contribution in [0, 0.1) is 5.92 Å². The fourth-order valence-electron chi connectivity index (χ4n) is 2.33. The van der Waals surface area contributed by atoms with Gasteiger partial charge >= 0.3 is 6.09 Å². The van der Waals surface area contributed by atoms with E-state index in [-0.39, 0.29) is 12.0 Å². The number of carbonyl (C=O) groups is 1. The number of aromatic nitrogens is 1. The second-order valence-corrected chi connectivity index (χ2v) is 5.22. The molecule has 1 amide bonds. The summed E-state index contributed by atoms with van der Waals surface area (Å²) < 4.78 is 5.31. The molecule has 2 N–H and O–H groups in total. The Morgan fingerprint density at radius 3 is 2.60 bits per heavy atom. The van der Waals surface area contributed by atoms with Gasteiger partial charge in [-0.2, -0.15) is 0 Å². The monoisotopic (exact) mass is 279 g/mol. The van der Waals surface area contributed by atoms with Gasteiger partial charge in [0.2, 0.25) is 0 Å². The number of carboxylic acid groups (broad SMARTS) is 1. The van der Waals surface area contributed by atoms with Crippen molar-refractivity contribution >= 4 is 11.9 Å². The molecule has 2 rings (SSSR count). The Morgan fingerprint density at radius 2 is 2.10 bits per heavy atom. The Bertz CT molecular complexity index is 441. The first-order valence-corrected chi connectivity index (χ1v) is 6.86. The predicted molar refractivity (Wildman–Crippen MR) is 76.0 cm³/mol. The minimum atomic E-state index is -1.01. The van der Waals surface area contributed by atoms with E-state index in [2.05, 4.69) is 15.2 Å². The molecule has 1 aromatic heterocycles. The fraction of sp³-hybridized carbons (Fsp3) is 0.571. The lowest BCUT2D eigenvalue weighted by molar-refractivity contribution is 0.122. The van der Waals surface area contributed by atoms with Gasteiger partial charge in [0.25, 0.3) is 0 Å². The van der Waals surface area contributed by atoms with Crippen LogP contribution in [-0.2, 0) is 4.74 Å². The van der Waals surface area contributed by atoms with Gasteiger partial charge in [-0.3, -0.25) is 0 Å². The predicted octanol–water partition coefficient (Wildman–Crippen LogP) is 1.88. The van der Waals surface area contributed by atoms with Crippen LogP contribution in [0.2, 0.25) is 0 Å². The molecule has 1 saturated heterocycles. The van der Waals surface area contributed by atoms with E-state index in [0.29, 0.717) is 0 Å². The van der Waals surface area contributed by atoms with Crippen LogP contribution in [-0.4, -0.2) is 42.5 Å². The molecular formula is C14H21N3O3. The molecular weight excluding hydrogens is 258 g/mol. The molecule has 0 aliphatic carbocycles. The Balaban J connectivity index is 2.10. The van der Waals surface area contributed by atoms with Crippen molar-refractivity contribution in [2.45, 2.75) is 19.9 Å². The van der Waals surface area contributed by atoms with Crippen LogP contribution < -0.4 is 10.2 Å². The summed E-state index contributed by atoms with van der Waals surface area (Å²) in [5.74, 6) is 1.08. The summed E-state index contributed by atoms with van der Waals surface area (Å²) in [4.78, 5) is 17.5. The van der Waals surface area contributed by atoms with E-state index in [0.717, 1.165) is 37.7 Å². The van der Waals surface area contributed by atoms with Gasteiger partial charge < -0.3 is 20.1 Å². The highest BCUT2D eigenvalue weighted by molar-refractivity contribution is 5.65. The topological polar surface area (TPSA) is 74.7 Å². The van der Waals surface area contributed by atoms with Crippen LogP contribution in [0.5, 0.6) is 0 Å². The van der Waals surface area contributed by atoms with Crippen LogP contribution in [0.4, 0.5) is 10.6 Å². The molecule has 0 bridgehead atoms. The van der Waals surface area contributed by atoms with Gasteiger partial charge in [-0.25, -0.2) is 9.78 Å². The Labute approximate surface area is 118 Å². The maximum absolute atomic E-state index is 10.8. The zero-order valence-electron chi connectivity index (χ0n) is 11.9. The molecule has 6 heteroatoms. The third kappa shape index (κ3) is 3.60. The molecule has 1 unspecified atom stereocenters. The second-order valence-electron chi connectivity index (χ2n) is 5.22. The average Bonchev–Trinajstić information content (AvgIpc) is 2.45. The third-order valence-corrected chi connectivity index (χ3v) is 3.41. The Kier molecular flexibility index (Phi) is 4.79. The van der Waals surface area contributed by atoms with E-state index in [9.17, 15) is 4.79 Å². The molecule has 1 aliphatic rings. The molecule has 1 aliphatic heterocycles. The van der Waals surface area contributed by atoms with Crippen LogP contribution in [0.25, 0.3) is 0 Å². The quantitative estimate of drug-likeness (QED) is 0.880. The zero-order chi connectivity index (χ0) is 14.5. The van der Waals surface area contributed by atoms with Gasteiger partial charge in [0.15, 0.2) is 0 Å². The zero-order valence-corrected chi connectivity index (χ0v) is 11.9. The van der Waals surface area contributed by atoms with E-state index < -0.39 is 6.09 Å². The van der Waals surface area contributed by atoms with Crippen molar-refractivity contribution < 1.29 is 14.6 Å². The van der Waals surface area contributed by atoms with E-state index in [4.69, 9.17) is 9.84 Å². The highest BCUT2D eigenvalue weighted by Crippen LogP contribution is 2.23. The molecule has 1 aromatic rings. The van der Waals surface area contributed by atoms with E-state index in [1.165, 1.54) is 0 Å². The van der Waals surface area contributed by atoms with Gasteiger partial charge in [-0.15, -0.1) is 0 Å². The Morgan fingerprint density at radius 1 is 1.40 bits per heavy atom. The van der Waals surface area contributed by atoms with Gasteiger partial charge in [-0.1, -0.05) is 19.9 Å². The number of nitrogens with zero attached hydrogens (tertiary/aromatic N) is 2. The van der Waals surface area contributed by atoms with Crippen molar-refractivity contribution in [2.75, 3.05) is 31.2 Å². The highest BCUT2D eigenvalue weighted by Gasteiger charge is 2.19. The smallest absolute Gasteiger partial charge is 0.405 e. The number of pyridine rings is 1. The fourth-order valence-corrected chi connectivity index (χ4v) is 2.33. The first-order chi connectivity index (χ1) is 9.58. The maximum Gasteiger partial charge on any atom is 0.405 e. The summed E-state index contributed by atoms with van der Waals surface area (Å²) in [7, 11) is 0. The summed E-state index contributed by atoms with van der Waals surface area (Å²) in [6.07, 6.45) is 0.742. The Hall–Kier alpha value is -1.82. The lowest BCUT2D eigenvalue weighted by atomic mass is 9.97. The van der Waals surface area contributed by atoms with Gasteiger partial charge in [0.1, 0.15) is 5.82 Å². The average molecular weight is 279 g/mol. The summed E-state index contributed by atoms with van der Waals surface area (Å²) in [6.45, 7) is 7.09. The normalized spacial score (nSPS) is 17.1. The number of ether oxygens (including phenoxy) is 1. The number of rotatable bonds is 4. The first kappa shape index (κ1) is 14.6. The largest absolute Gasteiger partial charge is 0.465 e. The van der Waals surface area contributed by atoms with Crippen LogP contribution >= 0.6 is 0 Å². The maximum atomic E-state index is 10.8. The third-order valence-electron chi connectivity index (χ3n) is 3.41. The summed E-state index contributed by atoms with van der Waals surface area (Å²) in [6, 6.07) is 3.65. The second kappa shape index (κ2) is 6.56. The van der Waals surface area contributed by atoms with E-state index in [1.54, 1.807) is 6.20 Å². The van der Waals surface area contributed by atoms with Gasteiger partial charge in [0.05, 0.1) is 19.3 Å². The SMILES string of the molecule is CC(C)C(NC(=O)O)c1ccc(N2CCOCC2)nc1. The van der Waals surface area contributed by atoms with Crippen molar-refractivity contribution in [2.24, 2.45) is 5.92 Å². The molecule has 6 nitrogen and oxygen atoms in total. The molecule has 0 radical (unpaired) electrons. The minimum absolute atomic E-state index is 0.169. The van der Waals surface area contributed by atoms with Crippen LogP contribution in [0.15, 0.2) is 18.3 Å². The molecule has 0 spiro atoms. The molecule has 1 atom stereocenters.